The van der Waals surface area contributed by atoms with E-state index in [1.54, 1.807) is 6.92 Å². The minimum Gasteiger partial charge on any atom is -0.378 e. The number of morpholine rings is 1. The van der Waals surface area contributed by atoms with Crippen LogP contribution in [0.1, 0.15) is 31.9 Å². The molecule has 2 aliphatic rings. The number of benzene rings is 2. The lowest BCUT2D eigenvalue weighted by molar-refractivity contribution is -0.117. The summed E-state index contributed by atoms with van der Waals surface area (Å²) in [7, 11) is 0. The highest BCUT2D eigenvalue weighted by Crippen LogP contribution is 2.40. The molecule has 0 bridgehead atoms. The van der Waals surface area contributed by atoms with Gasteiger partial charge in [-0.25, -0.2) is 0 Å². The van der Waals surface area contributed by atoms with Gasteiger partial charge in [0.05, 0.1) is 19.3 Å². The highest BCUT2D eigenvalue weighted by Gasteiger charge is 2.32. The fraction of sp³-hybridized carbons (Fsp3) is 0.409. The van der Waals surface area contributed by atoms with Gasteiger partial charge in [0.1, 0.15) is 0 Å². The molecule has 1 saturated heterocycles. The van der Waals surface area contributed by atoms with Gasteiger partial charge in [-0.1, -0.05) is 15.9 Å². The molecule has 0 aliphatic carbocycles. The van der Waals surface area contributed by atoms with Crippen molar-refractivity contribution in [1.29, 1.82) is 0 Å². The summed E-state index contributed by atoms with van der Waals surface area (Å²) < 4.78 is 6.46. The van der Waals surface area contributed by atoms with E-state index in [1.165, 1.54) is 5.69 Å². The van der Waals surface area contributed by atoms with E-state index >= 15 is 0 Å². The van der Waals surface area contributed by atoms with E-state index in [1.807, 2.05) is 17.0 Å². The van der Waals surface area contributed by atoms with Crippen LogP contribution in [-0.2, 0) is 9.53 Å². The van der Waals surface area contributed by atoms with Gasteiger partial charge < -0.3 is 19.9 Å². The van der Waals surface area contributed by atoms with Crippen molar-refractivity contribution in [1.82, 2.24) is 0 Å². The third kappa shape index (κ3) is 3.89. The third-order valence-corrected chi connectivity index (χ3v) is 6.06. The van der Waals surface area contributed by atoms with Crippen molar-refractivity contribution < 1.29 is 9.53 Å². The normalized spacial score (nSPS) is 22.0. The fourth-order valence-electron chi connectivity index (χ4n) is 4.24. The molecule has 0 saturated carbocycles. The number of rotatable bonds is 3. The monoisotopic (exact) mass is 443 g/mol. The first-order chi connectivity index (χ1) is 13.5. The first kappa shape index (κ1) is 19.3. The van der Waals surface area contributed by atoms with Gasteiger partial charge in [0.15, 0.2) is 0 Å². The molecular formula is C22H26BrN3O2. The average molecular weight is 444 g/mol. The molecule has 6 heteroatoms. The summed E-state index contributed by atoms with van der Waals surface area (Å²) >= 11 is 3.58. The fourth-order valence-corrected chi connectivity index (χ4v) is 4.62. The molecule has 5 nitrogen and oxygen atoms in total. The van der Waals surface area contributed by atoms with Crippen LogP contribution in [0.25, 0.3) is 0 Å². The van der Waals surface area contributed by atoms with Crippen LogP contribution < -0.4 is 15.1 Å². The third-order valence-electron chi connectivity index (χ3n) is 5.57. The molecule has 0 unspecified atom stereocenters. The van der Waals surface area contributed by atoms with Gasteiger partial charge in [-0.2, -0.15) is 0 Å². The Morgan fingerprint density at radius 1 is 1.14 bits per heavy atom. The summed E-state index contributed by atoms with van der Waals surface area (Å²) in [6, 6.07) is 15.1. The number of hydrogen-bond donors (Lipinski definition) is 1. The maximum atomic E-state index is 12.2. The number of halogens is 1. The Hall–Kier alpha value is -2.05. The molecule has 1 fully saturated rings. The standard InChI is InChI=1S/C22H26BrN3O2/c1-15-13-21(20-14-17(23)3-8-22(20)26(15)16(2)27)24-18-4-6-19(7-5-18)25-9-11-28-12-10-25/h3-8,14-15,21,24H,9-13H2,1-2H3/t15-,21+/m0/s1. The number of hydrogen-bond acceptors (Lipinski definition) is 4. The van der Waals surface area contributed by atoms with E-state index in [2.05, 4.69) is 63.4 Å². The SMILES string of the molecule is CC(=O)N1c2ccc(Br)cc2[C@H](Nc2ccc(N3CCOCC3)cc2)C[C@@H]1C. The quantitative estimate of drug-likeness (QED) is 0.753. The summed E-state index contributed by atoms with van der Waals surface area (Å²) in [6.45, 7) is 7.21. The minimum atomic E-state index is 0.0874. The zero-order chi connectivity index (χ0) is 19.7. The molecule has 2 aromatic carbocycles. The zero-order valence-electron chi connectivity index (χ0n) is 16.3. The lowest BCUT2D eigenvalue weighted by Gasteiger charge is -2.39. The van der Waals surface area contributed by atoms with Crippen molar-refractivity contribution >= 4 is 38.9 Å². The highest BCUT2D eigenvalue weighted by atomic mass is 79.9. The van der Waals surface area contributed by atoms with Gasteiger partial charge in [0.25, 0.3) is 0 Å². The predicted molar refractivity (Wildman–Crippen MR) is 117 cm³/mol. The molecule has 0 radical (unpaired) electrons. The van der Waals surface area contributed by atoms with Crippen molar-refractivity contribution in [3.8, 4) is 0 Å². The van der Waals surface area contributed by atoms with Crippen molar-refractivity contribution in [3.05, 3.63) is 52.5 Å². The first-order valence-electron chi connectivity index (χ1n) is 9.81. The van der Waals surface area contributed by atoms with Crippen LogP contribution in [0.4, 0.5) is 17.1 Å². The van der Waals surface area contributed by atoms with Gasteiger partial charge in [0, 0.05) is 47.6 Å². The number of anilines is 3. The topological polar surface area (TPSA) is 44.8 Å². The maximum absolute atomic E-state index is 12.2. The second-order valence-electron chi connectivity index (χ2n) is 7.52. The summed E-state index contributed by atoms with van der Waals surface area (Å²) in [5.74, 6) is 0.0874. The van der Waals surface area contributed by atoms with E-state index in [0.29, 0.717) is 0 Å². The molecule has 28 heavy (non-hydrogen) atoms. The molecule has 0 spiro atoms. The Balaban J connectivity index is 1.56. The summed E-state index contributed by atoms with van der Waals surface area (Å²) in [6.07, 6.45) is 0.869. The molecule has 2 aromatic rings. The van der Waals surface area contributed by atoms with E-state index in [4.69, 9.17) is 4.74 Å². The Bertz CT molecular complexity index is 849. The van der Waals surface area contributed by atoms with Crippen LogP contribution in [0.2, 0.25) is 0 Å². The Morgan fingerprint density at radius 3 is 2.54 bits per heavy atom. The molecule has 1 N–H and O–H groups in total. The van der Waals surface area contributed by atoms with Crippen molar-refractivity contribution in [2.75, 3.05) is 41.4 Å². The van der Waals surface area contributed by atoms with Gasteiger partial charge in [-0.05, 0) is 61.4 Å². The number of ether oxygens (including phenoxy) is 1. The van der Waals surface area contributed by atoms with Crippen molar-refractivity contribution in [3.63, 3.8) is 0 Å². The van der Waals surface area contributed by atoms with Gasteiger partial charge in [-0.3, -0.25) is 4.79 Å². The number of nitrogens with zero attached hydrogens (tertiary/aromatic N) is 2. The lowest BCUT2D eigenvalue weighted by atomic mass is 9.91. The second kappa shape index (κ2) is 8.13. The second-order valence-corrected chi connectivity index (χ2v) is 8.44. The number of nitrogens with one attached hydrogen (secondary N) is 1. The Kier molecular flexibility index (Phi) is 5.60. The van der Waals surface area contributed by atoms with E-state index < -0.39 is 0 Å². The number of fused-ring (bicyclic) bond motifs is 1. The lowest BCUT2D eigenvalue weighted by Crippen LogP contribution is -2.43. The van der Waals surface area contributed by atoms with E-state index in [9.17, 15) is 4.79 Å². The van der Waals surface area contributed by atoms with Crippen LogP contribution in [-0.4, -0.2) is 38.3 Å². The molecular weight excluding hydrogens is 418 g/mol. The smallest absolute Gasteiger partial charge is 0.224 e. The van der Waals surface area contributed by atoms with Gasteiger partial charge in [0.2, 0.25) is 5.91 Å². The van der Waals surface area contributed by atoms with Crippen LogP contribution in [0.5, 0.6) is 0 Å². The molecule has 2 aliphatic heterocycles. The van der Waals surface area contributed by atoms with Crippen LogP contribution in [0.3, 0.4) is 0 Å². The molecule has 148 valence electrons. The van der Waals surface area contributed by atoms with E-state index in [0.717, 1.165) is 54.1 Å². The highest BCUT2D eigenvalue weighted by molar-refractivity contribution is 9.10. The first-order valence-corrected chi connectivity index (χ1v) is 10.6. The molecule has 2 atom stereocenters. The minimum absolute atomic E-state index is 0.0874. The number of amides is 1. The molecule has 4 rings (SSSR count). The van der Waals surface area contributed by atoms with Crippen LogP contribution in [0, 0.1) is 0 Å². The van der Waals surface area contributed by atoms with Crippen LogP contribution in [0.15, 0.2) is 46.9 Å². The summed E-state index contributed by atoms with van der Waals surface area (Å²) in [5, 5.41) is 3.68. The Morgan fingerprint density at radius 2 is 1.86 bits per heavy atom. The summed E-state index contributed by atoms with van der Waals surface area (Å²) in [4.78, 5) is 16.4. The van der Waals surface area contributed by atoms with Gasteiger partial charge in [-0.15, -0.1) is 0 Å². The molecule has 1 amide bonds. The Labute approximate surface area is 174 Å². The number of carbonyl (C=O) groups excluding carboxylic acids is 1. The largest absolute Gasteiger partial charge is 0.378 e. The predicted octanol–water partition coefficient (Wildman–Crippen LogP) is 4.58. The molecule has 2 heterocycles. The van der Waals surface area contributed by atoms with E-state index in [-0.39, 0.29) is 18.0 Å². The summed E-state index contributed by atoms with van der Waals surface area (Å²) in [5.41, 5.74) is 4.48. The van der Waals surface area contributed by atoms with Gasteiger partial charge >= 0.3 is 0 Å². The van der Waals surface area contributed by atoms with Crippen molar-refractivity contribution in [2.24, 2.45) is 0 Å². The number of carbonyl (C=O) groups is 1. The molecule has 0 aromatic heterocycles. The maximum Gasteiger partial charge on any atom is 0.224 e. The average Bonchev–Trinajstić information content (AvgIpc) is 2.69. The zero-order valence-corrected chi connectivity index (χ0v) is 17.9. The van der Waals surface area contributed by atoms with Crippen molar-refractivity contribution in [2.45, 2.75) is 32.4 Å². The van der Waals surface area contributed by atoms with Crippen LogP contribution >= 0.6 is 15.9 Å².